The largest absolute Gasteiger partial charge is 0.320 e. The van der Waals surface area contributed by atoms with E-state index in [2.05, 4.69) is 5.09 Å². The molecule has 0 fully saturated rings. The fourth-order valence-electron chi connectivity index (χ4n) is 2.01. The Morgan fingerprint density at radius 1 is 0.875 bits per heavy atom. The highest BCUT2D eigenvalue weighted by atomic mass is 35.6. The summed E-state index contributed by atoms with van der Waals surface area (Å²) in [6.45, 7) is 0. The fraction of sp³-hybridized carbons (Fsp3) is 0.188. The molecule has 0 saturated heterocycles. The van der Waals surface area contributed by atoms with Gasteiger partial charge in [-0.1, -0.05) is 71.2 Å². The van der Waals surface area contributed by atoms with Gasteiger partial charge in [0.25, 0.3) is 9.70 Å². The van der Waals surface area contributed by atoms with Crippen LogP contribution in [0.25, 0.3) is 0 Å². The quantitative estimate of drug-likeness (QED) is 0.564. The topological polar surface area (TPSA) is 35.6 Å². The number of nitrogens with one attached hydrogen (secondary N) is 1. The molecule has 0 aliphatic carbocycles. The zero-order chi connectivity index (χ0) is 17.7. The zero-order valence-electron chi connectivity index (χ0n) is 13.2. The summed E-state index contributed by atoms with van der Waals surface area (Å²) in [5, 5.41) is 2.84. The van der Waals surface area contributed by atoms with Gasteiger partial charge in [-0.2, -0.15) is 0 Å². The summed E-state index contributed by atoms with van der Waals surface area (Å²) in [6.07, 6.45) is 0. The number of anilines is 2. The number of para-hydroxylation sites is 2. The predicted molar refractivity (Wildman–Crippen MR) is 105 cm³/mol. The van der Waals surface area contributed by atoms with Crippen molar-refractivity contribution >= 4 is 60.5 Å². The van der Waals surface area contributed by atoms with Gasteiger partial charge < -0.3 is 9.34 Å². The van der Waals surface area contributed by atoms with Gasteiger partial charge in [0.15, 0.2) is 0 Å². The molecule has 1 N–H and O–H groups in total. The lowest BCUT2D eigenvalue weighted by atomic mass is 10.3. The SMILES string of the molecule is CN(c1ccccc1)P(NC(=O)C(Cl)(Cl)Cl)N(C)c1ccccc1. The molecule has 2 aromatic rings. The maximum Gasteiger partial charge on any atom is 0.277 e. The Bertz CT molecular complexity index is 622. The third kappa shape index (κ3) is 4.90. The molecule has 0 aromatic heterocycles. The Kier molecular flexibility index (Phi) is 6.59. The van der Waals surface area contributed by atoms with E-state index in [0.717, 1.165) is 11.4 Å². The molecule has 0 spiro atoms. The second-order valence-electron chi connectivity index (χ2n) is 4.95. The maximum absolute atomic E-state index is 12.2. The summed E-state index contributed by atoms with van der Waals surface area (Å²) in [4.78, 5) is 12.2. The van der Waals surface area contributed by atoms with Crippen molar-refractivity contribution in [3.8, 4) is 0 Å². The summed E-state index contributed by atoms with van der Waals surface area (Å²) in [5.74, 6) is -0.663. The Balaban J connectivity index is 2.32. The second-order valence-corrected chi connectivity index (χ2v) is 9.23. The molecule has 1 amide bonds. The highest BCUT2D eigenvalue weighted by Crippen LogP contribution is 2.45. The Labute approximate surface area is 158 Å². The van der Waals surface area contributed by atoms with Crippen LogP contribution in [0.1, 0.15) is 0 Å². The van der Waals surface area contributed by atoms with Gasteiger partial charge in [0.05, 0.1) is 0 Å². The van der Waals surface area contributed by atoms with Crippen LogP contribution in [0.3, 0.4) is 0 Å². The zero-order valence-corrected chi connectivity index (χ0v) is 16.3. The minimum absolute atomic E-state index is 0.663. The summed E-state index contributed by atoms with van der Waals surface area (Å²) in [6, 6.07) is 19.4. The fourth-order valence-corrected chi connectivity index (χ4v) is 4.11. The first kappa shape index (κ1) is 19.1. The van der Waals surface area contributed by atoms with Gasteiger partial charge in [-0.05, 0) is 24.3 Å². The smallest absolute Gasteiger partial charge is 0.277 e. The molecule has 0 radical (unpaired) electrons. The molecule has 2 aromatic carbocycles. The molecular weight excluding hydrogens is 388 g/mol. The van der Waals surface area contributed by atoms with Crippen LogP contribution >= 0.6 is 43.2 Å². The Morgan fingerprint density at radius 2 is 1.25 bits per heavy atom. The van der Waals surface area contributed by atoms with Crippen LogP contribution in [0.4, 0.5) is 11.4 Å². The van der Waals surface area contributed by atoms with E-state index in [1.165, 1.54) is 0 Å². The molecule has 0 heterocycles. The van der Waals surface area contributed by atoms with Crippen LogP contribution in [-0.2, 0) is 4.79 Å². The van der Waals surface area contributed by atoms with Gasteiger partial charge in [-0.3, -0.25) is 9.88 Å². The average Bonchev–Trinajstić information content (AvgIpc) is 2.59. The molecule has 0 atom stereocenters. The number of alkyl halides is 3. The van der Waals surface area contributed by atoms with Gasteiger partial charge >= 0.3 is 0 Å². The van der Waals surface area contributed by atoms with Crippen LogP contribution in [0, 0.1) is 0 Å². The third-order valence-corrected chi connectivity index (χ3v) is 5.80. The van der Waals surface area contributed by atoms with Crippen molar-refractivity contribution in [2.24, 2.45) is 0 Å². The van der Waals surface area contributed by atoms with E-state index in [4.69, 9.17) is 34.8 Å². The molecule has 128 valence electrons. The van der Waals surface area contributed by atoms with Crippen molar-refractivity contribution in [2.45, 2.75) is 3.79 Å². The number of carbonyl (C=O) groups is 1. The first-order chi connectivity index (χ1) is 11.3. The van der Waals surface area contributed by atoms with Crippen molar-refractivity contribution in [1.29, 1.82) is 0 Å². The number of rotatable bonds is 5. The van der Waals surface area contributed by atoms with Crippen LogP contribution in [0.5, 0.6) is 0 Å². The molecule has 24 heavy (non-hydrogen) atoms. The summed E-state index contributed by atoms with van der Waals surface area (Å²) >= 11 is 17.2. The Morgan fingerprint density at radius 3 is 1.58 bits per heavy atom. The average molecular weight is 405 g/mol. The van der Waals surface area contributed by atoms with Crippen LogP contribution in [-0.4, -0.2) is 23.8 Å². The highest BCUT2D eigenvalue weighted by molar-refractivity contribution is 7.59. The van der Waals surface area contributed by atoms with E-state index < -0.39 is 18.1 Å². The molecule has 0 unspecified atom stereocenters. The predicted octanol–water partition coefficient (Wildman–Crippen LogP) is 4.97. The third-order valence-electron chi connectivity index (χ3n) is 3.29. The van der Waals surface area contributed by atoms with E-state index >= 15 is 0 Å². The van der Waals surface area contributed by atoms with Gasteiger partial charge in [-0.25, -0.2) is 0 Å². The number of benzene rings is 2. The lowest BCUT2D eigenvalue weighted by Crippen LogP contribution is -2.39. The van der Waals surface area contributed by atoms with Gasteiger partial charge in [0.1, 0.15) is 0 Å². The normalized spacial score (nSPS) is 11.2. The number of nitrogens with zero attached hydrogens (tertiary/aromatic N) is 2. The minimum atomic E-state index is -2.02. The minimum Gasteiger partial charge on any atom is -0.320 e. The molecule has 0 aliphatic rings. The molecular formula is C16H17Cl3N3OP. The van der Waals surface area contributed by atoms with Gasteiger partial charge in [0, 0.05) is 25.5 Å². The lowest BCUT2D eigenvalue weighted by Gasteiger charge is -2.37. The molecule has 0 saturated carbocycles. The van der Waals surface area contributed by atoms with Crippen molar-refractivity contribution < 1.29 is 4.79 Å². The molecule has 8 heteroatoms. The second kappa shape index (κ2) is 8.26. The summed E-state index contributed by atoms with van der Waals surface area (Å²) in [7, 11) is 2.45. The first-order valence-electron chi connectivity index (χ1n) is 7.06. The van der Waals surface area contributed by atoms with E-state index in [1.807, 2.05) is 84.1 Å². The van der Waals surface area contributed by atoms with Gasteiger partial charge in [-0.15, -0.1) is 0 Å². The van der Waals surface area contributed by atoms with E-state index in [0.29, 0.717) is 0 Å². The van der Waals surface area contributed by atoms with Crippen molar-refractivity contribution in [3.05, 3.63) is 60.7 Å². The number of hydrogen-bond acceptors (Lipinski definition) is 3. The lowest BCUT2D eigenvalue weighted by molar-refractivity contribution is -0.118. The number of halogens is 3. The summed E-state index contributed by atoms with van der Waals surface area (Å²) in [5.41, 5.74) is 1.88. The van der Waals surface area contributed by atoms with Crippen molar-refractivity contribution in [2.75, 3.05) is 23.4 Å². The molecule has 4 nitrogen and oxygen atoms in total. The standard InChI is InChI=1S/C16H17Cl3N3OP/c1-21(13-9-5-3-6-10-13)24(20-15(23)16(17,18)19)22(2)14-11-7-4-8-12-14/h3-12H,1-2H3,(H,20,23). The van der Waals surface area contributed by atoms with E-state index in [9.17, 15) is 4.79 Å². The van der Waals surface area contributed by atoms with Crippen LogP contribution < -0.4 is 14.4 Å². The number of amides is 1. The van der Waals surface area contributed by atoms with Crippen LogP contribution in [0.2, 0.25) is 0 Å². The first-order valence-corrected chi connectivity index (χ1v) is 9.44. The molecule has 0 bridgehead atoms. The van der Waals surface area contributed by atoms with Crippen LogP contribution in [0.15, 0.2) is 60.7 Å². The summed E-state index contributed by atoms with van der Waals surface area (Å²) < 4.78 is 1.89. The molecule has 2 rings (SSSR count). The van der Waals surface area contributed by atoms with E-state index in [-0.39, 0.29) is 0 Å². The number of hydrogen-bond donors (Lipinski definition) is 1. The highest BCUT2D eigenvalue weighted by Gasteiger charge is 2.35. The van der Waals surface area contributed by atoms with Crippen molar-refractivity contribution in [1.82, 2.24) is 5.09 Å². The maximum atomic E-state index is 12.2. The van der Waals surface area contributed by atoms with E-state index in [1.54, 1.807) is 0 Å². The van der Waals surface area contributed by atoms with Gasteiger partial charge in [0.2, 0.25) is 8.37 Å². The monoisotopic (exact) mass is 403 g/mol. The van der Waals surface area contributed by atoms with Crippen molar-refractivity contribution in [3.63, 3.8) is 0 Å². The number of carbonyl (C=O) groups excluding carboxylic acids is 1. The molecule has 0 aliphatic heterocycles. The Hall–Kier alpha value is -1.19.